The Morgan fingerprint density at radius 3 is 2.84 bits per heavy atom. The van der Waals surface area contributed by atoms with E-state index in [-0.39, 0.29) is 5.54 Å². The summed E-state index contributed by atoms with van der Waals surface area (Å²) in [6.45, 7) is 3.10. The second-order valence-electron chi connectivity index (χ2n) is 5.74. The van der Waals surface area contributed by atoms with Crippen molar-refractivity contribution >= 4 is 11.0 Å². The average Bonchev–Trinajstić information content (AvgIpc) is 2.75. The summed E-state index contributed by atoms with van der Waals surface area (Å²) < 4.78 is 2.28. The van der Waals surface area contributed by atoms with E-state index < -0.39 is 0 Å². The quantitative estimate of drug-likeness (QED) is 0.920. The van der Waals surface area contributed by atoms with Crippen molar-refractivity contribution in [3.8, 4) is 0 Å². The number of imidazole rings is 1. The minimum atomic E-state index is -0.0556. The molecule has 4 heteroatoms. The van der Waals surface area contributed by atoms with Gasteiger partial charge in [0.2, 0.25) is 0 Å². The van der Waals surface area contributed by atoms with Crippen LogP contribution in [-0.2, 0) is 13.0 Å². The number of nitrogens with zero attached hydrogens (tertiary/aromatic N) is 3. The summed E-state index contributed by atoms with van der Waals surface area (Å²) in [7, 11) is 0. The van der Waals surface area contributed by atoms with E-state index in [1.54, 1.807) is 0 Å². The monoisotopic (exact) mass is 258 g/mol. The fraction of sp³-hybridized carbons (Fsp3) is 0.600. The van der Waals surface area contributed by atoms with Crippen molar-refractivity contribution in [3.63, 3.8) is 0 Å². The zero-order valence-corrected chi connectivity index (χ0v) is 11.6. The van der Waals surface area contributed by atoms with Crippen LogP contribution < -0.4 is 5.73 Å². The summed E-state index contributed by atoms with van der Waals surface area (Å²) in [5.74, 6) is 1.12. The van der Waals surface area contributed by atoms with Crippen LogP contribution in [-0.4, -0.2) is 20.1 Å². The van der Waals surface area contributed by atoms with E-state index in [1.807, 2.05) is 18.5 Å². The molecule has 1 aliphatic carbocycles. The fourth-order valence-corrected chi connectivity index (χ4v) is 3.27. The molecule has 0 atom stereocenters. The van der Waals surface area contributed by atoms with Crippen LogP contribution in [0.4, 0.5) is 0 Å². The highest BCUT2D eigenvalue weighted by atomic mass is 15.1. The molecule has 3 rings (SSSR count). The first-order valence-electron chi connectivity index (χ1n) is 7.30. The Kier molecular flexibility index (Phi) is 3.27. The second-order valence-corrected chi connectivity index (χ2v) is 5.74. The third kappa shape index (κ3) is 2.37. The predicted molar refractivity (Wildman–Crippen MR) is 76.9 cm³/mol. The molecule has 0 amide bonds. The Morgan fingerprint density at radius 1 is 1.32 bits per heavy atom. The SMILES string of the molecule is CCn1c(CC2(N)CCCCC2)nc2cnccc21. The molecule has 1 fully saturated rings. The van der Waals surface area contributed by atoms with Gasteiger partial charge in [-0.25, -0.2) is 4.98 Å². The Morgan fingerprint density at radius 2 is 2.11 bits per heavy atom. The van der Waals surface area contributed by atoms with Crippen LogP contribution in [0.1, 0.15) is 44.9 Å². The van der Waals surface area contributed by atoms with E-state index in [9.17, 15) is 0 Å². The maximum absolute atomic E-state index is 6.57. The molecule has 0 aromatic carbocycles. The Hall–Kier alpha value is -1.42. The number of pyridine rings is 1. The van der Waals surface area contributed by atoms with Gasteiger partial charge in [-0.1, -0.05) is 19.3 Å². The van der Waals surface area contributed by atoms with Gasteiger partial charge in [-0.2, -0.15) is 0 Å². The third-order valence-corrected chi connectivity index (χ3v) is 4.31. The number of hydrogen-bond donors (Lipinski definition) is 1. The summed E-state index contributed by atoms with van der Waals surface area (Å²) in [4.78, 5) is 8.90. The van der Waals surface area contributed by atoms with Crippen molar-refractivity contribution in [1.29, 1.82) is 0 Å². The van der Waals surface area contributed by atoms with E-state index >= 15 is 0 Å². The van der Waals surface area contributed by atoms with E-state index in [2.05, 4.69) is 16.5 Å². The first-order chi connectivity index (χ1) is 9.22. The lowest BCUT2D eigenvalue weighted by atomic mass is 9.80. The number of nitrogens with two attached hydrogens (primary N) is 1. The normalized spacial score (nSPS) is 18.8. The summed E-state index contributed by atoms with van der Waals surface area (Å²) in [5, 5.41) is 0. The highest BCUT2D eigenvalue weighted by molar-refractivity contribution is 5.74. The minimum absolute atomic E-state index is 0.0556. The third-order valence-electron chi connectivity index (χ3n) is 4.31. The maximum Gasteiger partial charge on any atom is 0.111 e. The molecule has 1 saturated carbocycles. The van der Waals surface area contributed by atoms with Gasteiger partial charge in [0.05, 0.1) is 11.7 Å². The van der Waals surface area contributed by atoms with Crippen molar-refractivity contribution in [2.24, 2.45) is 5.73 Å². The van der Waals surface area contributed by atoms with Gasteiger partial charge in [-0.05, 0) is 25.8 Å². The van der Waals surface area contributed by atoms with E-state index in [1.165, 1.54) is 24.8 Å². The zero-order chi connectivity index (χ0) is 13.3. The molecule has 0 aliphatic heterocycles. The smallest absolute Gasteiger partial charge is 0.111 e. The van der Waals surface area contributed by atoms with Crippen molar-refractivity contribution in [1.82, 2.24) is 14.5 Å². The Labute approximate surface area is 114 Å². The molecule has 102 valence electrons. The number of fused-ring (bicyclic) bond motifs is 1. The van der Waals surface area contributed by atoms with Crippen molar-refractivity contribution in [2.45, 2.75) is 57.5 Å². The standard InChI is InChI=1S/C15H22N4/c1-2-19-13-6-9-17-11-12(13)18-14(19)10-15(16)7-4-3-5-8-15/h6,9,11H,2-5,7-8,10,16H2,1H3. The molecule has 0 radical (unpaired) electrons. The molecule has 2 heterocycles. The van der Waals surface area contributed by atoms with Gasteiger partial charge in [0.1, 0.15) is 11.3 Å². The van der Waals surface area contributed by atoms with Crippen LogP contribution in [0.2, 0.25) is 0 Å². The van der Waals surface area contributed by atoms with Crippen molar-refractivity contribution < 1.29 is 0 Å². The second kappa shape index (κ2) is 4.93. The largest absolute Gasteiger partial charge is 0.328 e. The topological polar surface area (TPSA) is 56.7 Å². The predicted octanol–water partition coefficient (Wildman–Crippen LogP) is 2.66. The van der Waals surface area contributed by atoms with Crippen LogP contribution in [0.5, 0.6) is 0 Å². The van der Waals surface area contributed by atoms with Crippen molar-refractivity contribution in [2.75, 3.05) is 0 Å². The zero-order valence-electron chi connectivity index (χ0n) is 11.6. The van der Waals surface area contributed by atoms with Gasteiger partial charge >= 0.3 is 0 Å². The number of aryl methyl sites for hydroxylation is 1. The van der Waals surface area contributed by atoms with Crippen LogP contribution in [0.25, 0.3) is 11.0 Å². The van der Waals surface area contributed by atoms with Crippen LogP contribution in [0.3, 0.4) is 0 Å². The maximum atomic E-state index is 6.57. The van der Waals surface area contributed by atoms with Gasteiger partial charge < -0.3 is 10.3 Å². The number of hydrogen-bond acceptors (Lipinski definition) is 3. The number of aromatic nitrogens is 3. The first kappa shape index (κ1) is 12.6. The molecule has 4 nitrogen and oxygen atoms in total. The lowest BCUT2D eigenvalue weighted by molar-refractivity contribution is 0.287. The van der Waals surface area contributed by atoms with Gasteiger partial charge in [-0.15, -0.1) is 0 Å². The van der Waals surface area contributed by atoms with Gasteiger partial charge in [0, 0.05) is 24.7 Å². The summed E-state index contributed by atoms with van der Waals surface area (Å²) in [5.41, 5.74) is 8.67. The van der Waals surface area contributed by atoms with Gasteiger partial charge in [0.15, 0.2) is 0 Å². The van der Waals surface area contributed by atoms with Crippen molar-refractivity contribution in [3.05, 3.63) is 24.3 Å². The summed E-state index contributed by atoms with van der Waals surface area (Å²) in [6.07, 6.45) is 10.6. The molecular formula is C15H22N4. The highest BCUT2D eigenvalue weighted by Crippen LogP contribution is 2.29. The van der Waals surface area contributed by atoms with E-state index in [0.29, 0.717) is 0 Å². The van der Waals surface area contributed by atoms with Crippen LogP contribution >= 0.6 is 0 Å². The first-order valence-corrected chi connectivity index (χ1v) is 7.30. The lowest BCUT2D eigenvalue weighted by Crippen LogP contribution is -2.44. The lowest BCUT2D eigenvalue weighted by Gasteiger charge is -2.33. The molecule has 19 heavy (non-hydrogen) atoms. The molecular weight excluding hydrogens is 236 g/mol. The fourth-order valence-electron chi connectivity index (χ4n) is 3.27. The number of rotatable bonds is 3. The molecule has 1 aliphatic rings. The molecule has 0 bridgehead atoms. The van der Waals surface area contributed by atoms with Crippen LogP contribution in [0, 0.1) is 0 Å². The van der Waals surface area contributed by atoms with Crippen LogP contribution in [0.15, 0.2) is 18.5 Å². The molecule has 2 aromatic rings. The molecule has 0 spiro atoms. The van der Waals surface area contributed by atoms with E-state index in [0.717, 1.165) is 37.1 Å². The van der Waals surface area contributed by atoms with Gasteiger partial charge in [-0.3, -0.25) is 4.98 Å². The van der Waals surface area contributed by atoms with Gasteiger partial charge in [0.25, 0.3) is 0 Å². The summed E-state index contributed by atoms with van der Waals surface area (Å²) in [6, 6.07) is 2.04. The minimum Gasteiger partial charge on any atom is -0.328 e. The molecule has 2 N–H and O–H groups in total. The average molecular weight is 258 g/mol. The molecule has 0 saturated heterocycles. The molecule has 0 unspecified atom stereocenters. The Bertz CT molecular complexity index is 567. The summed E-state index contributed by atoms with van der Waals surface area (Å²) >= 11 is 0. The highest BCUT2D eigenvalue weighted by Gasteiger charge is 2.29. The molecule has 2 aromatic heterocycles. The van der Waals surface area contributed by atoms with E-state index in [4.69, 9.17) is 10.7 Å². The Balaban J connectivity index is 1.95.